The van der Waals surface area contributed by atoms with E-state index in [2.05, 4.69) is 22.4 Å². The molecule has 0 bridgehead atoms. The van der Waals surface area contributed by atoms with Gasteiger partial charge in [0.15, 0.2) is 0 Å². The third-order valence-electron chi connectivity index (χ3n) is 4.27. The Morgan fingerprint density at radius 2 is 1.96 bits per heavy atom. The van der Waals surface area contributed by atoms with Gasteiger partial charge in [0.2, 0.25) is 5.89 Å². The standard InChI is InChI=1S/C19H20N2OS/c1-14-18(20-19(22-14)15-6-3-2-4-7-15)13-21(16-9-10-16)12-17-8-5-11-23-17/h2-8,11,16H,9-10,12-13H2,1H3. The molecule has 1 aliphatic rings. The second kappa shape index (κ2) is 6.30. The van der Waals surface area contributed by atoms with Gasteiger partial charge in [0, 0.05) is 29.6 Å². The predicted molar refractivity (Wildman–Crippen MR) is 93.3 cm³/mol. The summed E-state index contributed by atoms with van der Waals surface area (Å²) in [5.41, 5.74) is 2.10. The van der Waals surface area contributed by atoms with E-state index < -0.39 is 0 Å². The molecular formula is C19H20N2OS. The third-order valence-corrected chi connectivity index (χ3v) is 5.13. The number of benzene rings is 1. The molecule has 3 nitrogen and oxygen atoms in total. The monoisotopic (exact) mass is 324 g/mol. The Hall–Kier alpha value is -1.91. The molecule has 1 aromatic carbocycles. The molecule has 2 aromatic heterocycles. The molecule has 0 atom stereocenters. The van der Waals surface area contributed by atoms with Crippen molar-refractivity contribution in [3.8, 4) is 11.5 Å². The molecule has 0 radical (unpaired) electrons. The van der Waals surface area contributed by atoms with E-state index in [1.54, 1.807) is 0 Å². The molecule has 118 valence electrons. The predicted octanol–water partition coefficient (Wildman–Crippen LogP) is 4.88. The van der Waals surface area contributed by atoms with Crippen LogP contribution in [0.3, 0.4) is 0 Å². The molecule has 1 fully saturated rings. The van der Waals surface area contributed by atoms with Crippen LogP contribution in [0.25, 0.3) is 11.5 Å². The molecule has 0 N–H and O–H groups in total. The minimum absolute atomic E-state index is 0.702. The smallest absolute Gasteiger partial charge is 0.226 e. The number of aromatic nitrogens is 1. The molecule has 4 rings (SSSR count). The number of thiophene rings is 1. The average molecular weight is 324 g/mol. The molecule has 1 aliphatic carbocycles. The lowest BCUT2D eigenvalue weighted by Crippen LogP contribution is -2.25. The van der Waals surface area contributed by atoms with Crippen molar-refractivity contribution >= 4 is 11.3 Å². The van der Waals surface area contributed by atoms with Gasteiger partial charge in [-0.25, -0.2) is 4.98 Å². The maximum atomic E-state index is 5.90. The maximum absolute atomic E-state index is 5.90. The molecule has 0 saturated heterocycles. The summed E-state index contributed by atoms with van der Waals surface area (Å²) in [7, 11) is 0. The third kappa shape index (κ3) is 3.38. The van der Waals surface area contributed by atoms with Crippen LogP contribution in [-0.4, -0.2) is 15.9 Å². The van der Waals surface area contributed by atoms with E-state index in [9.17, 15) is 0 Å². The van der Waals surface area contributed by atoms with E-state index in [-0.39, 0.29) is 0 Å². The Bertz CT molecular complexity index is 760. The highest BCUT2D eigenvalue weighted by molar-refractivity contribution is 7.09. The van der Waals surface area contributed by atoms with E-state index in [0.29, 0.717) is 6.04 Å². The second-order valence-corrected chi connectivity index (χ2v) is 7.14. The van der Waals surface area contributed by atoms with Crippen LogP contribution in [0.2, 0.25) is 0 Å². The molecule has 0 aliphatic heterocycles. The minimum atomic E-state index is 0.702. The molecule has 3 aromatic rings. The molecular weight excluding hydrogens is 304 g/mol. The summed E-state index contributed by atoms with van der Waals surface area (Å²) in [6, 6.07) is 15.2. The summed E-state index contributed by atoms with van der Waals surface area (Å²) >= 11 is 1.83. The largest absolute Gasteiger partial charge is 0.441 e. The zero-order chi connectivity index (χ0) is 15.6. The fourth-order valence-electron chi connectivity index (χ4n) is 2.83. The highest BCUT2D eigenvalue weighted by atomic mass is 32.1. The van der Waals surface area contributed by atoms with Gasteiger partial charge in [0.25, 0.3) is 0 Å². The average Bonchev–Trinajstić information content (AvgIpc) is 3.18. The lowest BCUT2D eigenvalue weighted by atomic mass is 10.2. The highest BCUT2D eigenvalue weighted by Crippen LogP contribution is 2.31. The summed E-state index contributed by atoms with van der Waals surface area (Å²) < 4.78 is 5.90. The zero-order valence-corrected chi connectivity index (χ0v) is 14.1. The summed E-state index contributed by atoms with van der Waals surface area (Å²) in [5, 5.41) is 2.15. The Morgan fingerprint density at radius 1 is 1.13 bits per heavy atom. The molecule has 2 heterocycles. The van der Waals surface area contributed by atoms with Gasteiger partial charge >= 0.3 is 0 Å². The van der Waals surface area contributed by atoms with Crippen molar-refractivity contribution in [3.05, 3.63) is 64.2 Å². The van der Waals surface area contributed by atoms with Crippen LogP contribution in [0.15, 0.2) is 52.3 Å². The summed E-state index contributed by atoms with van der Waals surface area (Å²) in [6.45, 7) is 3.89. The molecule has 23 heavy (non-hydrogen) atoms. The Morgan fingerprint density at radius 3 is 2.65 bits per heavy atom. The lowest BCUT2D eigenvalue weighted by Gasteiger charge is -2.20. The van der Waals surface area contributed by atoms with Gasteiger partial charge in [0.05, 0.1) is 5.69 Å². The molecule has 4 heteroatoms. The van der Waals surface area contributed by atoms with Gasteiger partial charge in [-0.2, -0.15) is 0 Å². The van der Waals surface area contributed by atoms with Crippen LogP contribution in [-0.2, 0) is 13.1 Å². The summed E-state index contributed by atoms with van der Waals surface area (Å²) in [5.74, 6) is 1.66. The van der Waals surface area contributed by atoms with Gasteiger partial charge in [-0.15, -0.1) is 11.3 Å². The number of oxazole rings is 1. The first-order valence-corrected chi connectivity index (χ1v) is 8.96. The lowest BCUT2D eigenvalue weighted by molar-refractivity contribution is 0.244. The SMILES string of the molecule is Cc1oc(-c2ccccc2)nc1CN(Cc1cccs1)C1CC1. The van der Waals surface area contributed by atoms with Crippen molar-refractivity contribution in [2.75, 3.05) is 0 Å². The molecule has 0 amide bonds. The van der Waals surface area contributed by atoms with Crippen molar-refractivity contribution in [2.24, 2.45) is 0 Å². The van der Waals surface area contributed by atoms with Crippen LogP contribution in [0, 0.1) is 6.92 Å². The Kier molecular flexibility index (Phi) is 4.02. The summed E-state index contributed by atoms with van der Waals surface area (Å²) in [6.07, 6.45) is 2.60. The number of rotatable bonds is 6. The Balaban J connectivity index is 1.54. The van der Waals surface area contributed by atoms with Crippen molar-refractivity contribution in [2.45, 2.75) is 38.9 Å². The van der Waals surface area contributed by atoms with Gasteiger partial charge in [-0.3, -0.25) is 4.90 Å². The topological polar surface area (TPSA) is 29.3 Å². The van der Waals surface area contributed by atoms with Gasteiger partial charge in [-0.05, 0) is 43.3 Å². The molecule has 0 spiro atoms. The first-order chi connectivity index (χ1) is 11.3. The zero-order valence-electron chi connectivity index (χ0n) is 13.2. The van der Waals surface area contributed by atoms with Crippen LogP contribution in [0.4, 0.5) is 0 Å². The van der Waals surface area contributed by atoms with Crippen LogP contribution in [0.1, 0.15) is 29.2 Å². The van der Waals surface area contributed by atoms with Crippen molar-refractivity contribution in [3.63, 3.8) is 0 Å². The van der Waals surface area contributed by atoms with Crippen LogP contribution < -0.4 is 0 Å². The molecule has 0 unspecified atom stereocenters. The van der Waals surface area contributed by atoms with Crippen molar-refractivity contribution < 1.29 is 4.42 Å². The maximum Gasteiger partial charge on any atom is 0.226 e. The van der Waals surface area contributed by atoms with E-state index >= 15 is 0 Å². The molecule has 1 saturated carbocycles. The summed E-state index contributed by atoms with van der Waals surface area (Å²) in [4.78, 5) is 8.71. The van der Waals surface area contributed by atoms with E-state index in [4.69, 9.17) is 9.40 Å². The number of nitrogens with zero attached hydrogens (tertiary/aromatic N) is 2. The fourth-order valence-corrected chi connectivity index (χ4v) is 3.56. The van der Waals surface area contributed by atoms with Gasteiger partial charge in [0.1, 0.15) is 5.76 Å². The Labute approximate surface area is 140 Å². The van der Waals surface area contributed by atoms with Crippen LogP contribution in [0.5, 0.6) is 0 Å². The first-order valence-electron chi connectivity index (χ1n) is 8.08. The minimum Gasteiger partial charge on any atom is -0.441 e. The van der Waals surface area contributed by atoms with Crippen molar-refractivity contribution in [1.82, 2.24) is 9.88 Å². The second-order valence-electron chi connectivity index (χ2n) is 6.10. The fraction of sp³-hybridized carbons (Fsp3) is 0.316. The number of hydrogen-bond donors (Lipinski definition) is 0. The van der Waals surface area contributed by atoms with Crippen LogP contribution >= 0.6 is 11.3 Å². The van der Waals surface area contributed by atoms with E-state index in [1.165, 1.54) is 17.7 Å². The normalized spacial score (nSPS) is 14.5. The van der Waals surface area contributed by atoms with Gasteiger partial charge < -0.3 is 4.42 Å². The first kappa shape index (κ1) is 14.7. The van der Waals surface area contributed by atoms with E-state index in [0.717, 1.165) is 36.0 Å². The van der Waals surface area contributed by atoms with Gasteiger partial charge in [-0.1, -0.05) is 24.3 Å². The van der Waals surface area contributed by atoms with Crippen molar-refractivity contribution in [1.29, 1.82) is 0 Å². The number of hydrogen-bond acceptors (Lipinski definition) is 4. The quantitative estimate of drug-likeness (QED) is 0.647. The highest BCUT2D eigenvalue weighted by Gasteiger charge is 2.30. The number of aryl methyl sites for hydroxylation is 1. The van der Waals surface area contributed by atoms with E-state index in [1.807, 2.05) is 48.6 Å².